The molecule has 2 unspecified atom stereocenters. The zero-order valence-electron chi connectivity index (χ0n) is 14.0. The molecule has 0 aliphatic heterocycles. The molecule has 0 aromatic heterocycles. The monoisotopic (exact) mass is 286 g/mol. The van der Waals surface area contributed by atoms with Crippen molar-refractivity contribution in [2.45, 2.75) is 77.8 Å². The van der Waals surface area contributed by atoms with E-state index in [9.17, 15) is 9.90 Å². The van der Waals surface area contributed by atoms with Crippen molar-refractivity contribution in [2.24, 2.45) is 0 Å². The molecular formula is C16H34N2O2. The minimum Gasteiger partial charge on any atom is -0.480 e. The summed E-state index contributed by atoms with van der Waals surface area (Å²) in [5.74, 6) is -0.730. The van der Waals surface area contributed by atoms with Gasteiger partial charge in [0.2, 0.25) is 0 Å². The molecule has 0 saturated carbocycles. The van der Waals surface area contributed by atoms with Crippen LogP contribution in [0.4, 0.5) is 0 Å². The standard InChI is InChI=1S/C16H34N2O2/c1-6-9-12-18(14(4)7-2)13-10-11-16(8-3,17-5)15(19)20/h14,17H,6-13H2,1-5H3,(H,19,20). The lowest BCUT2D eigenvalue weighted by Crippen LogP contribution is -2.50. The lowest BCUT2D eigenvalue weighted by atomic mass is 9.90. The number of rotatable bonds is 12. The van der Waals surface area contributed by atoms with Crippen LogP contribution in [0.5, 0.6) is 0 Å². The third kappa shape index (κ3) is 5.80. The van der Waals surface area contributed by atoms with Crippen LogP contribution in [0.3, 0.4) is 0 Å². The Labute approximate surface area is 124 Å². The molecule has 0 aliphatic carbocycles. The van der Waals surface area contributed by atoms with Gasteiger partial charge < -0.3 is 15.3 Å². The summed E-state index contributed by atoms with van der Waals surface area (Å²) in [6.45, 7) is 10.7. The van der Waals surface area contributed by atoms with Crippen molar-refractivity contribution in [1.82, 2.24) is 10.2 Å². The second-order valence-corrected chi connectivity index (χ2v) is 5.74. The fraction of sp³-hybridized carbons (Fsp3) is 0.938. The highest BCUT2D eigenvalue weighted by Gasteiger charge is 2.34. The van der Waals surface area contributed by atoms with Gasteiger partial charge in [-0.05, 0) is 59.2 Å². The number of nitrogens with one attached hydrogen (secondary N) is 1. The van der Waals surface area contributed by atoms with E-state index in [4.69, 9.17) is 0 Å². The summed E-state index contributed by atoms with van der Waals surface area (Å²) in [6, 6.07) is 0.581. The molecule has 0 fully saturated rings. The highest BCUT2D eigenvalue weighted by molar-refractivity contribution is 5.78. The molecule has 20 heavy (non-hydrogen) atoms. The Balaban J connectivity index is 4.43. The fourth-order valence-electron chi connectivity index (χ4n) is 2.60. The average molecular weight is 286 g/mol. The number of unbranched alkanes of at least 4 members (excludes halogenated alkanes) is 1. The van der Waals surface area contributed by atoms with Gasteiger partial charge in [-0.1, -0.05) is 27.2 Å². The third-order valence-corrected chi connectivity index (χ3v) is 4.55. The van der Waals surface area contributed by atoms with E-state index in [1.54, 1.807) is 7.05 Å². The number of likely N-dealkylation sites (N-methyl/N-ethyl adjacent to an activating group) is 1. The molecule has 0 rings (SSSR count). The number of carboxylic acids is 1. The molecule has 4 nitrogen and oxygen atoms in total. The Kier molecular flexibility index (Phi) is 9.86. The summed E-state index contributed by atoms with van der Waals surface area (Å²) in [6.07, 6.45) is 5.81. The molecule has 2 N–H and O–H groups in total. The second kappa shape index (κ2) is 10.2. The molecule has 0 aromatic carbocycles. The molecule has 0 saturated heterocycles. The van der Waals surface area contributed by atoms with Gasteiger partial charge in [0.1, 0.15) is 5.54 Å². The Bertz CT molecular complexity index is 265. The predicted octanol–water partition coefficient (Wildman–Crippen LogP) is 3.12. The third-order valence-electron chi connectivity index (χ3n) is 4.55. The van der Waals surface area contributed by atoms with Gasteiger partial charge in [0.05, 0.1) is 0 Å². The predicted molar refractivity (Wildman–Crippen MR) is 85.2 cm³/mol. The molecular weight excluding hydrogens is 252 g/mol. The number of nitrogens with zero attached hydrogens (tertiary/aromatic N) is 1. The highest BCUT2D eigenvalue weighted by Crippen LogP contribution is 2.18. The fourth-order valence-corrected chi connectivity index (χ4v) is 2.60. The van der Waals surface area contributed by atoms with Crippen molar-refractivity contribution in [3.63, 3.8) is 0 Å². The first-order chi connectivity index (χ1) is 9.47. The number of hydrogen-bond acceptors (Lipinski definition) is 3. The summed E-state index contributed by atoms with van der Waals surface area (Å²) in [5, 5.41) is 12.4. The van der Waals surface area contributed by atoms with Gasteiger partial charge in [-0.25, -0.2) is 0 Å². The summed E-state index contributed by atoms with van der Waals surface area (Å²) in [5.41, 5.74) is -0.758. The van der Waals surface area contributed by atoms with E-state index in [2.05, 4.69) is 31.0 Å². The van der Waals surface area contributed by atoms with Gasteiger partial charge in [0.25, 0.3) is 0 Å². The maximum atomic E-state index is 11.4. The van der Waals surface area contributed by atoms with Crippen LogP contribution in [-0.2, 0) is 4.79 Å². The van der Waals surface area contributed by atoms with Crippen molar-refractivity contribution in [3.05, 3.63) is 0 Å². The first kappa shape index (κ1) is 19.4. The van der Waals surface area contributed by atoms with Crippen LogP contribution in [-0.4, -0.2) is 47.7 Å². The van der Waals surface area contributed by atoms with Crippen LogP contribution < -0.4 is 5.32 Å². The van der Waals surface area contributed by atoms with E-state index in [1.807, 2.05) is 6.92 Å². The quantitative estimate of drug-likeness (QED) is 0.579. The first-order valence-corrected chi connectivity index (χ1v) is 8.13. The molecule has 0 radical (unpaired) electrons. The van der Waals surface area contributed by atoms with E-state index >= 15 is 0 Å². The van der Waals surface area contributed by atoms with Crippen LogP contribution in [0.25, 0.3) is 0 Å². The molecule has 0 bridgehead atoms. The van der Waals surface area contributed by atoms with E-state index in [-0.39, 0.29) is 0 Å². The second-order valence-electron chi connectivity index (χ2n) is 5.74. The zero-order chi connectivity index (χ0) is 15.6. The lowest BCUT2D eigenvalue weighted by Gasteiger charge is -2.31. The van der Waals surface area contributed by atoms with E-state index in [0.29, 0.717) is 18.9 Å². The molecule has 0 heterocycles. The Morgan fingerprint density at radius 2 is 1.85 bits per heavy atom. The number of carbonyl (C=O) groups is 1. The van der Waals surface area contributed by atoms with Crippen LogP contribution in [0.2, 0.25) is 0 Å². The van der Waals surface area contributed by atoms with Gasteiger partial charge in [-0.15, -0.1) is 0 Å². The molecule has 0 amide bonds. The molecule has 0 aliphatic rings. The molecule has 0 spiro atoms. The van der Waals surface area contributed by atoms with Crippen LogP contribution >= 0.6 is 0 Å². The highest BCUT2D eigenvalue weighted by atomic mass is 16.4. The van der Waals surface area contributed by atoms with Crippen LogP contribution in [0.15, 0.2) is 0 Å². The Morgan fingerprint density at radius 1 is 1.25 bits per heavy atom. The maximum absolute atomic E-state index is 11.4. The number of carboxylic acid groups (broad SMARTS) is 1. The van der Waals surface area contributed by atoms with E-state index in [1.165, 1.54) is 12.8 Å². The van der Waals surface area contributed by atoms with Crippen molar-refractivity contribution in [2.75, 3.05) is 20.1 Å². The first-order valence-electron chi connectivity index (χ1n) is 8.13. The SMILES string of the molecule is CCCCN(CCCC(CC)(NC)C(=O)O)C(C)CC. The van der Waals surface area contributed by atoms with Crippen molar-refractivity contribution in [1.29, 1.82) is 0 Å². The van der Waals surface area contributed by atoms with Gasteiger partial charge >= 0.3 is 5.97 Å². The largest absolute Gasteiger partial charge is 0.480 e. The van der Waals surface area contributed by atoms with Crippen LogP contribution in [0.1, 0.15) is 66.2 Å². The Hall–Kier alpha value is -0.610. The summed E-state index contributed by atoms with van der Waals surface area (Å²) >= 11 is 0. The van der Waals surface area contributed by atoms with Gasteiger partial charge in [-0.2, -0.15) is 0 Å². The summed E-state index contributed by atoms with van der Waals surface area (Å²) in [7, 11) is 1.75. The zero-order valence-corrected chi connectivity index (χ0v) is 14.0. The van der Waals surface area contributed by atoms with Crippen molar-refractivity contribution in [3.8, 4) is 0 Å². The number of hydrogen-bond donors (Lipinski definition) is 2. The minimum atomic E-state index is -0.758. The van der Waals surface area contributed by atoms with E-state index < -0.39 is 11.5 Å². The molecule has 4 heteroatoms. The molecule has 120 valence electrons. The maximum Gasteiger partial charge on any atom is 0.323 e. The summed E-state index contributed by atoms with van der Waals surface area (Å²) in [4.78, 5) is 13.9. The number of aliphatic carboxylic acids is 1. The smallest absolute Gasteiger partial charge is 0.323 e. The minimum absolute atomic E-state index is 0.581. The summed E-state index contributed by atoms with van der Waals surface area (Å²) < 4.78 is 0. The van der Waals surface area contributed by atoms with Gasteiger partial charge in [0, 0.05) is 6.04 Å². The van der Waals surface area contributed by atoms with E-state index in [0.717, 1.165) is 25.9 Å². The van der Waals surface area contributed by atoms with Crippen LogP contribution in [0, 0.1) is 0 Å². The Morgan fingerprint density at radius 3 is 2.25 bits per heavy atom. The van der Waals surface area contributed by atoms with Gasteiger partial charge in [-0.3, -0.25) is 4.79 Å². The van der Waals surface area contributed by atoms with Crippen molar-refractivity contribution >= 4 is 5.97 Å². The normalized spacial score (nSPS) is 16.1. The van der Waals surface area contributed by atoms with Gasteiger partial charge in [0.15, 0.2) is 0 Å². The molecule has 0 aromatic rings. The average Bonchev–Trinajstić information content (AvgIpc) is 2.46. The lowest BCUT2D eigenvalue weighted by molar-refractivity contribution is -0.145. The van der Waals surface area contributed by atoms with Crippen molar-refractivity contribution < 1.29 is 9.90 Å². The topological polar surface area (TPSA) is 52.6 Å². The molecule has 2 atom stereocenters.